The van der Waals surface area contributed by atoms with Gasteiger partial charge in [-0.2, -0.15) is 0 Å². The van der Waals surface area contributed by atoms with Crippen LogP contribution in [0.3, 0.4) is 0 Å². The van der Waals surface area contributed by atoms with Crippen molar-refractivity contribution in [2.75, 3.05) is 0 Å². The molecule has 3 heteroatoms. The summed E-state index contributed by atoms with van der Waals surface area (Å²) in [5.41, 5.74) is 0. The first-order valence-electron chi connectivity index (χ1n) is 4.35. The molecule has 68 valence electrons. The fraction of sp³-hybridized carbons (Fsp3) is 0.667. The van der Waals surface area contributed by atoms with Gasteiger partial charge in [-0.25, -0.2) is 4.79 Å². The fourth-order valence-corrected chi connectivity index (χ4v) is 1.54. The summed E-state index contributed by atoms with van der Waals surface area (Å²) in [7, 11) is 0. The first kappa shape index (κ1) is 9.10. The van der Waals surface area contributed by atoms with E-state index < -0.39 is 6.16 Å². The minimum Gasteiger partial charge on any atom is -0.449 e. The Morgan fingerprint density at radius 1 is 1.33 bits per heavy atom. The Hall–Kier alpha value is -0.990. The average Bonchev–Trinajstić information content (AvgIpc) is 2.05. The summed E-state index contributed by atoms with van der Waals surface area (Å²) in [6.07, 6.45) is 8.06. The van der Waals surface area contributed by atoms with Gasteiger partial charge in [0.2, 0.25) is 0 Å². The van der Waals surface area contributed by atoms with E-state index in [2.05, 4.69) is 4.74 Å². The second kappa shape index (κ2) is 4.80. The molecule has 1 N–H and O–H groups in total. The van der Waals surface area contributed by atoms with E-state index in [0.29, 0.717) is 5.92 Å². The van der Waals surface area contributed by atoms with E-state index >= 15 is 0 Å². The average molecular weight is 170 g/mol. The van der Waals surface area contributed by atoms with Gasteiger partial charge in [0.15, 0.2) is 0 Å². The molecule has 1 fully saturated rings. The van der Waals surface area contributed by atoms with Crippen molar-refractivity contribution in [2.45, 2.75) is 32.1 Å². The Bertz CT molecular complexity index is 169. The van der Waals surface area contributed by atoms with Crippen LogP contribution in [0.25, 0.3) is 0 Å². The summed E-state index contributed by atoms with van der Waals surface area (Å²) >= 11 is 0. The van der Waals surface area contributed by atoms with Crippen LogP contribution >= 0.6 is 0 Å². The van der Waals surface area contributed by atoms with E-state index in [1.54, 1.807) is 0 Å². The van der Waals surface area contributed by atoms with Gasteiger partial charge >= 0.3 is 6.16 Å². The van der Waals surface area contributed by atoms with Gasteiger partial charge in [-0.05, 0) is 24.8 Å². The van der Waals surface area contributed by atoms with Crippen molar-refractivity contribution in [1.82, 2.24) is 0 Å². The van der Waals surface area contributed by atoms with Crippen molar-refractivity contribution in [3.05, 3.63) is 12.3 Å². The lowest BCUT2D eigenvalue weighted by atomic mass is 9.89. The van der Waals surface area contributed by atoms with Crippen LogP contribution in [0, 0.1) is 5.92 Å². The molecule has 0 aliphatic heterocycles. The predicted molar refractivity (Wildman–Crippen MR) is 44.8 cm³/mol. The Morgan fingerprint density at radius 2 is 2.00 bits per heavy atom. The summed E-state index contributed by atoms with van der Waals surface area (Å²) in [6.45, 7) is 0. The molecule has 0 aromatic carbocycles. The molecule has 3 nitrogen and oxygen atoms in total. The third-order valence-electron chi connectivity index (χ3n) is 2.17. The van der Waals surface area contributed by atoms with Crippen molar-refractivity contribution in [1.29, 1.82) is 0 Å². The molecule has 1 rings (SSSR count). The Balaban J connectivity index is 2.19. The Morgan fingerprint density at radius 3 is 2.58 bits per heavy atom. The van der Waals surface area contributed by atoms with Crippen LogP contribution in [0.5, 0.6) is 0 Å². The van der Waals surface area contributed by atoms with Crippen molar-refractivity contribution in [3.8, 4) is 0 Å². The molecule has 0 atom stereocenters. The molecule has 0 amide bonds. The van der Waals surface area contributed by atoms with Gasteiger partial charge in [-0.1, -0.05) is 19.3 Å². The fourth-order valence-electron chi connectivity index (χ4n) is 1.54. The highest BCUT2D eigenvalue weighted by Gasteiger charge is 2.09. The molecule has 0 aromatic heterocycles. The summed E-state index contributed by atoms with van der Waals surface area (Å²) < 4.78 is 4.28. The largest absolute Gasteiger partial charge is 0.510 e. The molecule has 1 saturated carbocycles. The minimum absolute atomic E-state index is 0.526. The van der Waals surface area contributed by atoms with E-state index in [9.17, 15) is 4.79 Å². The first-order valence-corrected chi connectivity index (χ1v) is 4.35. The summed E-state index contributed by atoms with van der Waals surface area (Å²) in [4.78, 5) is 9.97. The lowest BCUT2D eigenvalue weighted by Crippen LogP contribution is -2.03. The monoisotopic (exact) mass is 170 g/mol. The third kappa shape index (κ3) is 3.42. The molecule has 0 unspecified atom stereocenters. The Kier molecular flexibility index (Phi) is 3.64. The summed E-state index contributed by atoms with van der Waals surface area (Å²) in [6, 6.07) is 0. The lowest BCUT2D eigenvalue weighted by Gasteiger charge is -2.17. The van der Waals surface area contributed by atoms with Gasteiger partial charge in [0.25, 0.3) is 0 Å². The van der Waals surface area contributed by atoms with Gasteiger partial charge in [-0.3, -0.25) is 0 Å². The molecule has 0 saturated heterocycles. The second-order valence-electron chi connectivity index (χ2n) is 3.11. The van der Waals surface area contributed by atoms with E-state index in [1.165, 1.54) is 38.4 Å². The second-order valence-corrected chi connectivity index (χ2v) is 3.11. The highest BCUT2D eigenvalue weighted by atomic mass is 16.7. The lowest BCUT2D eigenvalue weighted by molar-refractivity contribution is 0.127. The Labute approximate surface area is 72.0 Å². The number of hydrogen-bond donors (Lipinski definition) is 1. The molecular formula is C9H14O3. The zero-order valence-electron chi connectivity index (χ0n) is 7.03. The number of carboxylic acid groups (broad SMARTS) is 1. The molecular weight excluding hydrogens is 156 g/mol. The maximum Gasteiger partial charge on any atom is 0.510 e. The molecule has 0 aromatic rings. The highest BCUT2D eigenvalue weighted by Crippen LogP contribution is 2.24. The standard InChI is InChI=1S/C9H14O3/c10-9(11)12-7-6-8-4-2-1-3-5-8/h6-8H,1-5H2,(H,10,11). The zero-order chi connectivity index (χ0) is 8.81. The molecule has 12 heavy (non-hydrogen) atoms. The number of carbonyl (C=O) groups is 1. The SMILES string of the molecule is O=C(O)OC=CC1CCCCC1. The van der Waals surface area contributed by atoms with Gasteiger partial charge in [-0.15, -0.1) is 0 Å². The van der Waals surface area contributed by atoms with E-state index in [1.807, 2.05) is 6.08 Å². The van der Waals surface area contributed by atoms with Crippen LogP contribution in [0.15, 0.2) is 12.3 Å². The van der Waals surface area contributed by atoms with Crippen LogP contribution < -0.4 is 0 Å². The zero-order valence-corrected chi connectivity index (χ0v) is 7.03. The molecule has 1 aliphatic carbocycles. The quantitative estimate of drug-likeness (QED) is 0.512. The van der Waals surface area contributed by atoms with Crippen LogP contribution in [-0.2, 0) is 4.74 Å². The van der Waals surface area contributed by atoms with E-state index in [4.69, 9.17) is 5.11 Å². The van der Waals surface area contributed by atoms with Crippen molar-refractivity contribution in [3.63, 3.8) is 0 Å². The highest BCUT2D eigenvalue weighted by molar-refractivity contribution is 5.57. The number of rotatable bonds is 2. The number of ether oxygens (including phenoxy) is 1. The maximum atomic E-state index is 9.97. The van der Waals surface area contributed by atoms with Gasteiger partial charge in [0.1, 0.15) is 0 Å². The molecule has 0 heterocycles. The number of hydrogen-bond acceptors (Lipinski definition) is 2. The van der Waals surface area contributed by atoms with Crippen LogP contribution in [0.4, 0.5) is 4.79 Å². The first-order chi connectivity index (χ1) is 5.79. The van der Waals surface area contributed by atoms with Gasteiger partial charge in [0.05, 0.1) is 6.26 Å². The predicted octanol–water partition coefficient (Wildman–Crippen LogP) is 2.78. The van der Waals surface area contributed by atoms with Crippen molar-refractivity contribution >= 4 is 6.16 Å². The van der Waals surface area contributed by atoms with Crippen LogP contribution in [0.1, 0.15) is 32.1 Å². The molecule has 0 spiro atoms. The minimum atomic E-state index is -1.23. The van der Waals surface area contributed by atoms with Gasteiger partial charge in [0, 0.05) is 0 Å². The molecule has 0 bridgehead atoms. The summed E-state index contributed by atoms with van der Waals surface area (Å²) in [5, 5.41) is 8.17. The topological polar surface area (TPSA) is 46.5 Å². The third-order valence-corrected chi connectivity index (χ3v) is 2.17. The van der Waals surface area contributed by atoms with Crippen LogP contribution in [0.2, 0.25) is 0 Å². The smallest absolute Gasteiger partial charge is 0.449 e. The molecule has 1 aliphatic rings. The maximum absolute atomic E-state index is 9.97. The molecule has 0 radical (unpaired) electrons. The van der Waals surface area contributed by atoms with Crippen molar-refractivity contribution < 1.29 is 14.6 Å². The van der Waals surface area contributed by atoms with Gasteiger partial charge < -0.3 is 9.84 Å². The normalized spacial score (nSPS) is 19.7. The van der Waals surface area contributed by atoms with E-state index in [0.717, 1.165) is 0 Å². The van der Waals surface area contributed by atoms with Crippen molar-refractivity contribution in [2.24, 2.45) is 5.92 Å². The summed E-state index contributed by atoms with van der Waals surface area (Å²) in [5.74, 6) is 0.526. The van der Waals surface area contributed by atoms with E-state index in [-0.39, 0.29) is 0 Å². The van der Waals surface area contributed by atoms with Crippen LogP contribution in [-0.4, -0.2) is 11.3 Å². The number of allylic oxidation sites excluding steroid dienone is 1.